The van der Waals surface area contributed by atoms with Crippen molar-refractivity contribution in [1.82, 2.24) is 19.7 Å². The van der Waals surface area contributed by atoms with Gasteiger partial charge in [-0.2, -0.15) is 0 Å². The van der Waals surface area contributed by atoms with E-state index < -0.39 is 0 Å². The molecule has 1 atom stereocenters. The lowest BCUT2D eigenvalue weighted by molar-refractivity contribution is 0.0723. The maximum absolute atomic E-state index is 13.2. The van der Waals surface area contributed by atoms with E-state index in [0.29, 0.717) is 18.1 Å². The van der Waals surface area contributed by atoms with Crippen LogP contribution in [0.2, 0.25) is 0 Å². The minimum Gasteiger partial charge on any atom is -0.329 e. The summed E-state index contributed by atoms with van der Waals surface area (Å²) in [6.07, 6.45) is 1.87. The molecule has 1 aromatic heterocycles. The number of halogens is 2. The van der Waals surface area contributed by atoms with Crippen molar-refractivity contribution in [2.45, 2.75) is 25.8 Å². The summed E-state index contributed by atoms with van der Waals surface area (Å²) in [5.41, 5.74) is 1.78. The van der Waals surface area contributed by atoms with Crippen LogP contribution in [0.1, 0.15) is 40.9 Å². The summed E-state index contributed by atoms with van der Waals surface area (Å²) in [6.45, 7) is 2.47. The van der Waals surface area contributed by atoms with E-state index >= 15 is 0 Å². The molecule has 1 aliphatic rings. The molecular weight excluding hydrogens is 411 g/mol. The zero-order valence-corrected chi connectivity index (χ0v) is 16.4. The van der Waals surface area contributed by atoms with Crippen molar-refractivity contribution in [3.8, 4) is 5.69 Å². The molecule has 27 heavy (non-hydrogen) atoms. The zero-order valence-electron chi connectivity index (χ0n) is 14.8. The Morgan fingerprint density at radius 3 is 2.56 bits per heavy atom. The van der Waals surface area contributed by atoms with E-state index in [4.69, 9.17) is 0 Å². The first-order chi connectivity index (χ1) is 13.0. The highest BCUT2D eigenvalue weighted by Crippen LogP contribution is 2.33. The predicted molar refractivity (Wildman–Crippen MR) is 103 cm³/mol. The van der Waals surface area contributed by atoms with Crippen molar-refractivity contribution in [3.05, 3.63) is 76.0 Å². The summed E-state index contributed by atoms with van der Waals surface area (Å²) in [5.74, 6) is 0.261. The molecule has 0 spiro atoms. The topological polar surface area (TPSA) is 51.0 Å². The number of carbonyl (C=O) groups excluding carboxylic acids is 1. The molecule has 0 saturated carbocycles. The molecule has 2 heterocycles. The molecular formula is C20H18BrFN4O. The number of rotatable bonds is 3. The van der Waals surface area contributed by atoms with Crippen molar-refractivity contribution in [2.24, 2.45) is 0 Å². The summed E-state index contributed by atoms with van der Waals surface area (Å²) in [5, 5.41) is 4.38. The van der Waals surface area contributed by atoms with Gasteiger partial charge in [-0.3, -0.25) is 4.79 Å². The van der Waals surface area contributed by atoms with Gasteiger partial charge in [-0.25, -0.2) is 14.1 Å². The quantitative estimate of drug-likeness (QED) is 0.618. The minimum atomic E-state index is -0.317. The summed E-state index contributed by atoms with van der Waals surface area (Å²) in [6, 6.07) is 14.0. The molecule has 1 amide bonds. The smallest absolute Gasteiger partial charge is 0.294 e. The summed E-state index contributed by atoms with van der Waals surface area (Å²) < 4.78 is 15.7. The van der Waals surface area contributed by atoms with Gasteiger partial charge >= 0.3 is 0 Å². The minimum absolute atomic E-state index is 0.0312. The fraction of sp³-hybridized carbons (Fsp3) is 0.250. The van der Waals surface area contributed by atoms with E-state index in [-0.39, 0.29) is 23.6 Å². The Bertz CT molecular complexity index is 969. The second-order valence-electron chi connectivity index (χ2n) is 6.58. The molecule has 4 rings (SSSR count). The third-order valence-corrected chi connectivity index (χ3v) is 5.33. The molecule has 1 fully saturated rings. The maximum Gasteiger partial charge on any atom is 0.294 e. The monoisotopic (exact) mass is 428 g/mol. The van der Waals surface area contributed by atoms with Crippen LogP contribution in [-0.2, 0) is 0 Å². The second kappa shape index (κ2) is 7.23. The molecule has 1 saturated heterocycles. The van der Waals surface area contributed by atoms with Gasteiger partial charge < -0.3 is 4.90 Å². The Hall–Kier alpha value is -2.54. The number of carbonyl (C=O) groups is 1. The molecule has 0 aliphatic carbocycles. The van der Waals surface area contributed by atoms with Crippen molar-refractivity contribution in [3.63, 3.8) is 0 Å². The van der Waals surface area contributed by atoms with Gasteiger partial charge in [0, 0.05) is 11.0 Å². The van der Waals surface area contributed by atoms with Crippen LogP contribution in [0, 0.1) is 12.7 Å². The highest BCUT2D eigenvalue weighted by atomic mass is 79.9. The van der Waals surface area contributed by atoms with E-state index in [2.05, 4.69) is 26.0 Å². The Kier molecular flexibility index (Phi) is 4.78. The number of hydrogen-bond acceptors (Lipinski definition) is 3. The van der Waals surface area contributed by atoms with Crippen molar-refractivity contribution in [2.75, 3.05) is 6.54 Å². The molecule has 1 unspecified atom stereocenters. The van der Waals surface area contributed by atoms with Crippen LogP contribution in [-0.4, -0.2) is 32.1 Å². The van der Waals surface area contributed by atoms with Crippen molar-refractivity contribution in [1.29, 1.82) is 0 Å². The largest absolute Gasteiger partial charge is 0.329 e. The molecule has 3 aromatic rings. The normalized spacial score (nSPS) is 16.7. The molecule has 1 aliphatic heterocycles. The Balaban J connectivity index is 1.61. The average Bonchev–Trinajstić information content (AvgIpc) is 3.30. The van der Waals surface area contributed by atoms with Crippen LogP contribution < -0.4 is 0 Å². The summed E-state index contributed by atoms with van der Waals surface area (Å²) >= 11 is 3.45. The predicted octanol–water partition coefficient (Wildman–Crippen LogP) is 4.45. The maximum atomic E-state index is 13.2. The van der Waals surface area contributed by atoms with Gasteiger partial charge in [-0.15, -0.1) is 5.10 Å². The molecule has 0 bridgehead atoms. The fourth-order valence-corrected chi connectivity index (χ4v) is 3.74. The Morgan fingerprint density at radius 1 is 1.15 bits per heavy atom. The number of benzene rings is 2. The van der Waals surface area contributed by atoms with Gasteiger partial charge in [-0.1, -0.05) is 28.1 Å². The van der Waals surface area contributed by atoms with E-state index in [1.54, 1.807) is 23.7 Å². The highest BCUT2D eigenvalue weighted by molar-refractivity contribution is 9.10. The lowest BCUT2D eigenvalue weighted by Gasteiger charge is -2.24. The van der Waals surface area contributed by atoms with Gasteiger partial charge in [0.25, 0.3) is 5.91 Å². The first-order valence-electron chi connectivity index (χ1n) is 8.79. The number of hydrogen-bond donors (Lipinski definition) is 0. The molecule has 0 radical (unpaired) electrons. The van der Waals surface area contributed by atoms with Crippen LogP contribution in [0.25, 0.3) is 5.69 Å². The van der Waals surface area contributed by atoms with Crippen molar-refractivity contribution < 1.29 is 9.18 Å². The first kappa shape index (κ1) is 17.9. The SMILES string of the molecule is Cc1nc(C(=O)N2CCCC2c2ccc(Br)cc2)nn1-c1ccc(F)cc1. The van der Waals surface area contributed by atoms with Gasteiger partial charge in [0.05, 0.1) is 11.7 Å². The lowest BCUT2D eigenvalue weighted by atomic mass is 10.0. The third kappa shape index (κ3) is 3.51. The van der Waals surface area contributed by atoms with E-state index in [1.807, 2.05) is 29.2 Å². The molecule has 138 valence electrons. The van der Waals surface area contributed by atoms with Gasteiger partial charge in [0.1, 0.15) is 11.6 Å². The molecule has 0 N–H and O–H groups in total. The molecule has 5 nitrogen and oxygen atoms in total. The number of nitrogens with zero attached hydrogens (tertiary/aromatic N) is 4. The van der Waals surface area contributed by atoms with Gasteiger partial charge in [0.2, 0.25) is 5.82 Å². The van der Waals surface area contributed by atoms with Crippen LogP contribution in [0.15, 0.2) is 53.0 Å². The molecule has 2 aromatic carbocycles. The fourth-order valence-electron chi connectivity index (χ4n) is 3.48. The molecule has 7 heteroatoms. The average molecular weight is 429 g/mol. The van der Waals surface area contributed by atoms with Gasteiger partial charge in [-0.05, 0) is 61.7 Å². The van der Waals surface area contributed by atoms with E-state index in [9.17, 15) is 9.18 Å². The number of likely N-dealkylation sites (tertiary alicyclic amines) is 1. The van der Waals surface area contributed by atoms with Crippen LogP contribution in [0.5, 0.6) is 0 Å². The Morgan fingerprint density at radius 2 is 1.85 bits per heavy atom. The third-order valence-electron chi connectivity index (χ3n) is 4.80. The summed E-state index contributed by atoms with van der Waals surface area (Å²) in [4.78, 5) is 19.3. The van der Waals surface area contributed by atoms with E-state index in [1.165, 1.54) is 12.1 Å². The standard InChI is InChI=1S/C20H18BrFN4O/c1-13-23-19(24-26(13)17-10-8-16(22)9-11-17)20(27)25-12-2-3-18(25)14-4-6-15(21)7-5-14/h4-11,18H,2-3,12H2,1H3. The van der Waals surface area contributed by atoms with Crippen LogP contribution in [0.4, 0.5) is 4.39 Å². The first-order valence-corrected chi connectivity index (χ1v) is 9.58. The zero-order chi connectivity index (χ0) is 19.0. The Labute approximate surface area is 165 Å². The number of aromatic nitrogens is 3. The second-order valence-corrected chi connectivity index (χ2v) is 7.49. The number of amides is 1. The van der Waals surface area contributed by atoms with E-state index in [0.717, 1.165) is 22.9 Å². The van der Waals surface area contributed by atoms with Crippen LogP contribution in [0.3, 0.4) is 0 Å². The van der Waals surface area contributed by atoms with Crippen molar-refractivity contribution >= 4 is 21.8 Å². The summed E-state index contributed by atoms with van der Waals surface area (Å²) in [7, 11) is 0. The number of aryl methyl sites for hydroxylation is 1. The highest BCUT2D eigenvalue weighted by Gasteiger charge is 2.32. The van der Waals surface area contributed by atoms with Crippen LogP contribution >= 0.6 is 15.9 Å². The lowest BCUT2D eigenvalue weighted by Crippen LogP contribution is -2.31. The van der Waals surface area contributed by atoms with Gasteiger partial charge in [0.15, 0.2) is 0 Å².